The van der Waals surface area contributed by atoms with Crippen LogP contribution in [0.1, 0.15) is 50.8 Å². The molecule has 1 aromatic carbocycles. The van der Waals surface area contributed by atoms with Gasteiger partial charge in [-0.05, 0) is 63.0 Å². The molecular weight excluding hydrogens is 260 g/mol. The molecule has 0 heterocycles. The lowest BCUT2D eigenvalue weighted by Gasteiger charge is -2.43. The van der Waals surface area contributed by atoms with E-state index >= 15 is 0 Å². The van der Waals surface area contributed by atoms with Gasteiger partial charge in [-0.25, -0.2) is 0 Å². The van der Waals surface area contributed by atoms with E-state index in [4.69, 9.17) is 4.74 Å². The summed E-state index contributed by atoms with van der Waals surface area (Å²) in [6, 6.07) is 8.11. The van der Waals surface area contributed by atoms with Crippen LogP contribution in [-0.4, -0.2) is 37.7 Å². The highest BCUT2D eigenvalue weighted by Gasteiger charge is 2.33. The van der Waals surface area contributed by atoms with Crippen LogP contribution in [0.2, 0.25) is 0 Å². The Kier molecular flexibility index (Phi) is 5.65. The van der Waals surface area contributed by atoms with Gasteiger partial charge < -0.3 is 10.1 Å². The molecule has 118 valence electrons. The van der Waals surface area contributed by atoms with Gasteiger partial charge in [0.1, 0.15) is 5.75 Å². The zero-order valence-electron chi connectivity index (χ0n) is 14.1. The van der Waals surface area contributed by atoms with E-state index in [0.717, 1.165) is 18.7 Å². The molecule has 3 nitrogen and oxygen atoms in total. The fourth-order valence-corrected chi connectivity index (χ4v) is 3.71. The SMILES string of the molecule is CCC(C)N(CC)C1CCc2ccc(OC)cc2C1NC. The molecule has 0 spiro atoms. The number of rotatable bonds is 6. The number of methoxy groups -OCH3 is 1. The zero-order chi connectivity index (χ0) is 15.4. The topological polar surface area (TPSA) is 24.5 Å². The van der Waals surface area contributed by atoms with Crippen LogP contribution in [0.4, 0.5) is 0 Å². The first-order valence-corrected chi connectivity index (χ1v) is 8.26. The second kappa shape index (κ2) is 7.28. The predicted octanol–water partition coefficient (Wildman–Crippen LogP) is 3.39. The van der Waals surface area contributed by atoms with E-state index in [1.165, 1.54) is 24.0 Å². The van der Waals surface area contributed by atoms with Gasteiger partial charge in [-0.3, -0.25) is 4.90 Å². The van der Waals surface area contributed by atoms with Gasteiger partial charge in [-0.1, -0.05) is 19.9 Å². The van der Waals surface area contributed by atoms with Gasteiger partial charge in [0.25, 0.3) is 0 Å². The van der Waals surface area contributed by atoms with Crippen LogP contribution in [0.5, 0.6) is 5.75 Å². The molecule has 0 aromatic heterocycles. The lowest BCUT2D eigenvalue weighted by atomic mass is 9.82. The van der Waals surface area contributed by atoms with Crippen LogP contribution >= 0.6 is 0 Å². The van der Waals surface area contributed by atoms with Gasteiger partial charge in [0.2, 0.25) is 0 Å². The molecule has 0 amide bonds. The lowest BCUT2D eigenvalue weighted by molar-refractivity contribution is 0.105. The molecule has 3 atom stereocenters. The Morgan fingerprint density at radius 2 is 2.14 bits per heavy atom. The summed E-state index contributed by atoms with van der Waals surface area (Å²) in [6.45, 7) is 8.01. The van der Waals surface area contributed by atoms with Crippen molar-refractivity contribution in [2.45, 2.75) is 58.2 Å². The summed E-state index contributed by atoms with van der Waals surface area (Å²) in [5, 5.41) is 3.56. The van der Waals surface area contributed by atoms with Gasteiger partial charge in [-0.2, -0.15) is 0 Å². The van der Waals surface area contributed by atoms with Crippen LogP contribution in [0, 0.1) is 0 Å². The molecule has 0 saturated heterocycles. The number of benzene rings is 1. The van der Waals surface area contributed by atoms with E-state index < -0.39 is 0 Å². The first-order chi connectivity index (χ1) is 10.2. The molecule has 0 radical (unpaired) electrons. The summed E-state index contributed by atoms with van der Waals surface area (Å²) < 4.78 is 5.42. The number of nitrogens with one attached hydrogen (secondary N) is 1. The second-order valence-electron chi connectivity index (χ2n) is 6.02. The van der Waals surface area contributed by atoms with Crippen LogP contribution in [0.25, 0.3) is 0 Å². The highest BCUT2D eigenvalue weighted by atomic mass is 16.5. The fraction of sp³-hybridized carbons (Fsp3) is 0.667. The first kappa shape index (κ1) is 16.3. The molecule has 1 aromatic rings. The summed E-state index contributed by atoms with van der Waals surface area (Å²) in [6.07, 6.45) is 3.59. The fourth-order valence-electron chi connectivity index (χ4n) is 3.71. The number of fused-ring (bicyclic) bond motifs is 1. The van der Waals surface area contributed by atoms with Crippen LogP contribution in [0.15, 0.2) is 18.2 Å². The number of hydrogen-bond donors (Lipinski definition) is 1. The maximum absolute atomic E-state index is 5.42. The Morgan fingerprint density at radius 1 is 1.38 bits per heavy atom. The minimum absolute atomic E-state index is 0.387. The second-order valence-corrected chi connectivity index (χ2v) is 6.02. The Hall–Kier alpha value is -1.06. The molecule has 0 bridgehead atoms. The summed E-state index contributed by atoms with van der Waals surface area (Å²) >= 11 is 0. The normalized spacial score (nSPS) is 23.0. The maximum atomic E-state index is 5.42. The molecule has 3 heteroatoms. The molecule has 0 fully saturated rings. The standard InChI is InChI=1S/C18H30N2O/c1-6-13(3)20(7-2)17-11-9-14-8-10-15(21-5)12-16(14)18(17)19-4/h8,10,12-13,17-19H,6-7,9,11H2,1-5H3. The third-order valence-corrected chi connectivity index (χ3v) is 5.04. The summed E-state index contributed by atoms with van der Waals surface area (Å²) in [5.41, 5.74) is 2.88. The Balaban J connectivity index is 2.33. The van der Waals surface area contributed by atoms with Gasteiger partial charge in [0.05, 0.1) is 7.11 Å². The lowest BCUT2D eigenvalue weighted by Crippen LogP contribution is -2.49. The summed E-state index contributed by atoms with van der Waals surface area (Å²) in [4.78, 5) is 2.66. The minimum atomic E-state index is 0.387. The molecule has 3 unspecified atom stereocenters. The molecule has 0 aliphatic heterocycles. The van der Waals surface area contributed by atoms with E-state index in [1.807, 2.05) is 0 Å². The number of likely N-dealkylation sites (N-methyl/N-ethyl adjacent to an activating group) is 2. The molecule has 1 N–H and O–H groups in total. The van der Waals surface area contributed by atoms with E-state index in [-0.39, 0.29) is 0 Å². The van der Waals surface area contributed by atoms with E-state index in [0.29, 0.717) is 18.1 Å². The van der Waals surface area contributed by atoms with Crippen LogP contribution < -0.4 is 10.1 Å². The van der Waals surface area contributed by atoms with Crippen molar-refractivity contribution in [2.75, 3.05) is 20.7 Å². The number of ether oxygens (including phenoxy) is 1. The van der Waals surface area contributed by atoms with Crippen molar-refractivity contribution >= 4 is 0 Å². The molecule has 0 saturated carbocycles. The van der Waals surface area contributed by atoms with Gasteiger partial charge in [0.15, 0.2) is 0 Å². The van der Waals surface area contributed by atoms with Crippen molar-refractivity contribution in [1.82, 2.24) is 10.2 Å². The molecule has 2 rings (SSSR count). The average molecular weight is 290 g/mol. The Labute approximate surface area is 129 Å². The number of nitrogens with zero attached hydrogens (tertiary/aromatic N) is 1. The van der Waals surface area contributed by atoms with E-state index in [2.05, 4.69) is 56.2 Å². The molecule has 1 aliphatic carbocycles. The van der Waals surface area contributed by atoms with Crippen molar-refractivity contribution in [3.63, 3.8) is 0 Å². The number of hydrogen-bond acceptors (Lipinski definition) is 3. The molecule has 21 heavy (non-hydrogen) atoms. The van der Waals surface area contributed by atoms with E-state index in [9.17, 15) is 0 Å². The van der Waals surface area contributed by atoms with E-state index in [1.54, 1.807) is 7.11 Å². The van der Waals surface area contributed by atoms with Crippen molar-refractivity contribution < 1.29 is 4.74 Å². The van der Waals surface area contributed by atoms with Crippen LogP contribution in [0.3, 0.4) is 0 Å². The minimum Gasteiger partial charge on any atom is -0.497 e. The van der Waals surface area contributed by atoms with Crippen molar-refractivity contribution in [3.05, 3.63) is 29.3 Å². The summed E-state index contributed by atoms with van der Waals surface area (Å²) in [5.74, 6) is 0.959. The third-order valence-electron chi connectivity index (χ3n) is 5.04. The molecule has 1 aliphatic rings. The van der Waals surface area contributed by atoms with Crippen LogP contribution in [-0.2, 0) is 6.42 Å². The average Bonchev–Trinajstić information content (AvgIpc) is 2.54. The highest BCUT2D eigenvalue weighted by Crippen LogP contribution is 2.35. The largest absolute Gasteiger partial charge is 0.497 e. The predicted molar refractivity (Wildman–Crippen MR) is 89.0 cm³/mol. The van der Waals surface area contributed by atoms with Gasteiger partial charge in [-0.15, -0.1) is 0 Å². The Morgan fingerprint density at radius 3 is 2.71 bits per heavy atom. The number of aryl methyl sites for hydroxylation is 1. The monoisotopic (exact) mass is 290 g/mol. The molecular formula is C18H30N2O. The maximum Gasteiger partial charge on any atom is 0.119 e. The van der Waals surface area contributed by atoms with Gasteiger partial charge >= 0.3 is 0 Å². The quantitative estimate of drug-likeness (QED) is 0.869. The third kappa shape index (κ3) is 3.24. The highest BCUT2D eigenvalue weighted by molar-refractivity contribution is 5.40. The van der Waals surface area contributed by atoms with Crippen molar-refractivity contribution in [3.8, 4) is 5.75 Å². The van der Waals surface area contributed by atoms with Gasteiger partial charge in [0, 0.05) is 18.1 Å². The van der Waals surface area contributed by atoms with Crippen molar-refractivity contribution in [2.24, 2.45) is 0 Å². The smallest absolute Gasteiger partial charge is 0.119 e. The zero-order valence-corrected chi connectivity index (χ0v) is 14.1. The summed E-state index contributed by atoms with van der Waals surface area (Å²) in [7, 11) is 3.82. The Bertz CT molecular complexity index is 461. The van der Waals surface area contributed by atoms with Crippen molar-refractivity contribution in [1.29, 1.82) is 0 Å². The first-order valence-electron chi connectivity index (χ1n) is 8.26.